The molecule has 0 saturated carbocycles. The average Bonchev–Trinajstić information content (AvgIpc) is 2.86. The van der Waals surface area contributed by atoms with E-state index in [0.717, 1.165) is 5.56 Å². The van der Waals surface area contributed by atoms with E-state index in [-0.39, 0.29) is 6.04 Å². The molecule has 2 rings (SSSR count). The molecule has 0 radical (unpaired) electrons. The Labute approximate surface area is 122 Å². The summed E-state index contributed by atoms with van der Waals surface area (Å²) in [6, 6.07) is 8.29. The lowest BCUT2D eigenvalue weighted by Crippen LogP contribution is -2.21. The van der Waals surface area contributed by atoms with Crippen molar-refractivity contribution < 1.29 is 4.42 Å². The normalized spacial score (nSPS) is 12.4. The van der Waals surface area contributed by atoms with E-state index < -0.39 is 0 Å². The topological polar surface area (TPSA) is 42.2 Å². The molecule has 2 aromatic rings. The number of hydrogen-bond acceptors (Lipinski definition) is 4. The van der Waals surface area contributed by atoms with Crippen molar-refractivity contribution in [2.24, 2.45) is 0 Å². The molecule has 1 unspecified atom stereocenters. The van der Waals surface area contributed by atoms with Gasteiger partial charge < -0.3 is 9.32 Å². The fourth-order valence-corrected chi connectivity index (χ4v) is 2.09. The summed E-state index contributed by atoms with van der Waals surface area (Å²) in [5.74, 6) is 1.02. The zero-order valence-corrected chi connectivity index (χ0v) is 12.3. The monoisotopic (exact) mass is 299 g/mol. The molecule has 1 aromatic carbocycles. The quantitative estimate of drug-likeness (QED) is 0.790. The van der Waals surface area contributed by atoms with Crippen LogP contribution in [0.3, 0.4) is 0 Å². The number of alkyl halides is 1. The van der Waals surface area contributed by atoms with Crippen LogP contribution in [0.15, 0.2) is 28.7 Å². The minimum atomic E-state index is 0.0861. The number of anilines is 1. The number of hydrogen-bond donors (Lipinski definition) is 0. The van der Waals surface area contributed by atoms with E-state index in [4.69, 9.17) is 27.6 Å². The maximum Gasteiger partial charge on any atom is 0.318 e. The molecule has 0 fully saturated rings. The first-order valence-corrected chi connectivity index (χ1v) is 6.89. The maximum atomic E-state index is 6.00. The molecule has 0 N–H and O–H groups in total. The molecular formula is C13H15Cl2N3O. The third kappa shape index (κ3) is 3.39. The zero-order valence-electron chi connectivity index (χ0n) is 10.8. The summed E-state index contributed by atoms with van der Waals surface area (Å²) < 4.78 is 5.54. The Hall–Kier alpha value is -1.26. The van der Waals surface area contributed by atoms with Gasteiger partial charge in [0.25, 0.3) is 0 Å². The highest BCUT2D eigenvalue weighted by Crippen LogP contribution is 2.25. The van der Waals surface area contributed by atoms with Crippen molar-refractivity contribution in [3.05, 3.63) is 40.7 Å². The van der Waals surface area contributed by atoms with Gasteiger partial charge in [-0.2, -0.15) is 0 Å². The van der Waals surface area contributed by atoms with Gasteiger partial charge in [0.1, 0.15) is 0 Å². The number of nitrogens with zero attached hydrogens (tertiary/aromatic N) is 3. The number of aromatic nitrogens is 2. The molecule has 0 amide bonds. The highest BCUT2D eigenvalue weighted by atomic mass is 35.5. The molecule has 0 saturated heterocycles. The van der Waals surface area contributed by atoms with Gasteiger partial charge in [-0.25, -0.2) is 0 Å². The van der Waals surface area contributed by atoms with Gasteiger partial charge in [0.2, 0.25) is 5.89 Å². The third-order valence-electron chi connectivity index (χ3n) is 2.98. The standard InChI is InChI=1S/C13H15Cl2N3O/c1-9(10-4-3-5-11(15)8-10)18(2)13-17-16-12(19-13)6-7-14/h3-5,8-9H,6-7H2,1-2H3. The SMILES string of the molecule is CC(c1cccc(Cl)c1)N(C)c1nnc(CCCl)o1. The van der Waals surface area contributed by atoms with Crippen LogP contribution in [0.4, 0.5) is 6.01 Å². The molecule has 0 aliphatic rings. The minimum Gasteiger partial charge on any atom is -0.408 e. The lowest BCUT2D eigenvalue weighted by atomic mass is 10.1. The van der Waals surface area contributed by atoms with Crippen molar-refractivity contribution in [3.8, 4) is 0 Å². The van der Waals surface area contributed by atoms with Gasteiger partial charge in [-0.1, -0.05) is 28.8 Å². The number of aryl methyl sites for hydroxylation is 1. The van der Waals surface area contributed by atoms with Gasteiger partial charge in [-0.15, -0.1) is 16.7 Å². The van der Waals surface area contributed by atoms with Crippen molar-refractivity contribution in [2.45, 2.75) is 19.4 Å². The Morgan fingerprint density at radius 2 is 2.16 bits per heavy atom. The average molecular weight is 300 g/mol. The third-order valence-corrected chi connectivity index (χ3v) is 3.40. The lowest BCUT2D eigenvalue weighted by molar-refractivity contribution is 0.484. The highest BCUT2D eigenvalue weighted by molar-refractivity contribution is 6.30. The van der Waals surface area contributed by atoms with E-state index in [9.17, 15) is 0 Å². The molecule has 0 bridgehead atoms. The van der Waals surface area contributed by atoms with Gasteiger partial charge >= 0.3 is 6.01 Å². The smallest absolute Gasteiger partial charge is 0.318 e. The molecule has 4 nitrogen and oxygen atoms in total. The maximum absolute atomic E-state index is 6.00. The van der Waals surface area contributed by atoms with Crippen molar-refractivity contribution in [1.29, 1.82) is 0 Å². The molecule has 6 heteroatoms. The van der Waals surface area contributed by atoms with E-state index in [1.807, 2.05) is 36.2 Å². The predicted octanol–water partition coefficient (Wildman–Crippen LogP) is 3.70. The lowest BCUT2D eigenvalue weighted by Gasteiger charge is -2.23. The Balaban J connectivity index is 2.15. The van der Waals surface area contributed by atoms with E-state index in [1.165, 1.54) is 0 Å². The van der Waals surface area contributed by atoms with Gasteiger partial charge in [-0.05, 0) is 24.6 Å². The minimum absolute atomic E-state index is 0.0861. The summed E-state index contributed by atoms with van der Waals surface area (Å²) in [5.41, 5.74) is 1.09. The Morgan fingerprint density at radius 1 is 1.37 bits per heavy atom. The van der Waals surface area contributed by atoms with Gasteiger partial charge in [0.15, 0.2) is 0 Å². The van der Waals surface area contributed by atoms with E-state index in [2.05, 4.69) is 17.1 Å². The summed E-state index contributed by atoms with van der Waals surface area (Å²) in [6.07, 6.45) is 0.577. The first kappa shape index (κ1) is 14.2. The molecule has 0 aliphatic heterocycles. The van der Waals surface area contributed by atoms with Gasteiger partial charge in [0.05, 0.1) is 6.04 Å². The highest BCUT2D eigenvalue weighted by Gasteiger charge is 2.18. The number of rotatable bonds is 5. The fourth-order valence-electron chi connectivity index (χ4n) is 1.72. The van der Waals surface area contributed by atoms with E-state index in [1.54, 1.807) is 0 Å². The molecule has 1 heterocycles. The molecular weight excluding hydrogens is 285 g/mol. The van der Waals surface area contributed by atoms with Crippen LogP contribution in [0.5, 0.6) is 0 Å². The fraction of sp³-hybridized carbons (Fsp3) is 0.385. The molecule has 1 aromatic heterocycles. The van der Waals surface area contributed by atoms with Crippen LogP contribution in [0, 0.1) is 0 Å². The summed E-state index contributed by atoms with van der Waals surface area (Å²) in [6.45, 7) is 2.05. The van der Waals surface area contributed by atoms with Crippen molar-refractivity contribution >= 4 is 29.2 Å². The summed E-state index contributed by atoms with van der Waals surface area (Å²) in [4.78, 5) is 1.91. The van der Waals surface area contributed by atoms with E-state index in [0.29, 0.717) is 29.2 Å². The second-order valence-corrected chi connectivity index (χ2v) is 5.07. The Kier molecular flexibility index (Phi) is 4.66. The Morgan fingerprint density at radius 3 is 2.84 bits per heavy atom. The Bertz CT molecular complexity index is 544. The zero-order chi connectivity index (χ0) is 13.8. The first-order chi connectivity index (χ1) is 9.11. The molecule has 1 atom stereocenters. The second-order valence-electron chi connectivity index (χ2n) is 4.26. The van der Waals surface area contributed by atoms with Gasteiger partial charge in [-0.3, -0.25) is 0 Å². The van der Waals surface area contributed by atoms with Crippen molar-refractivity contribution in [2.75, 3.05) is 17.8 Å². The van der Waals surface area contributed by atoms with E-state index >= 15 is 0 Å². The van der Waals surface area contributed by atoms with Crippen LogP contribution in [-0.2, 0) is 6.42 Å². The largest absolute Gasteiger partial charge is 0.408 e. The van der Waals surface area contributed by atoms with Crippen molar-refractivity contribution in [1.82, 2.24) is 10.2 Å². The first-order valence-electron chi connectivity index (χ1n) is 5.98. The van der Waals surface area contributed by atoms with Crippen LogP contribution in [-0.4, -0.2) is 23.1 Å². The predicted molar refractivity (Wildman–Crippen MR) is 77.0 cm³/mol. The molecule has 19 heavy (non-hydrogen) atoms. The molecule has 102 valence electrons. The summed E-state index contributed by atoms with van der Waals surface area (Å²) in [5, 5.41) is 8.69. The number of benzene rings is 1. The second kappa shape index (κ2) is 6.26. The summed E-state index contributed by atoms with van der Waals surface area (Å²) >= 11 is 11.6. The number of halogens is 2. The summed E-state index contributed by atoms with van der Waals surface area (Å²) in [7, 11) is 1.91. The van der Waals surface area contributed by atoms with Crippen LogP contribution >= 0.6 is 23.2 Å². The van der Waals surface area contributed by atoms with Gasteiger partial charge in [0, 0.05) is 24.4 Å². The molecule has 0 aliphatic carbocycles. The van der Waals surface area contributed by atoms with Crippen molar-refractivity contribution in [3.63, 3.8) is 0 Å². The van der Waals surface area contributed by atoms with Crippen LogP contribution in [0.25, 0.3) is 0 Å². The molecule has 0 spiro atoms. The van der Waals surface area contributed by atoms with Crippen LogP contribution < -0.4 is 4.90 Å². The van der Waals surface area contributed by atoms with Crippen LogP contribution in [0.2, 0.25) is 5.02 Å². The van der Waals surface area contributed by atoms with Crippen LogP contribution in [0.1, 0.15) is 24.4 Å².